The smallest absolute Gasteiger partial charge is 0.309 e. The first-order valence-corrected chi connectivity index (χ1v) is 20.7. The molecule has 0 radical (unpaired) electrons. The first-order chi connectivity index (χ1) is 25.6. The number of carboxylic acids is 1. The van der Waals surface area contributed by atoms with Gasteiger partial charge in [0.15, 0.2) is 11.6 Å². The molecule has 1 unspecified atom stereocenters. The molecular formula is C46H62N4O5. The Morgan fingerprint density at radius 1 is 0.964 bits per heavy atom. The molecule has 5 aliphatic carbocycles. The van der Waals surface area contributed by atoms with Crippen molar-refractivity contribution in [2.24, 2.45) is 63.2 Å². The van der Waals surface area contributed by atoms with Gasteiger partial charge in [0.25, 0.3) is 0 Å². The van der Waals surface area contributed by atoms with E-state index in [1.165, 1.54) is 5.57 Å². The number of carbonyl (C=O) groups is 3. The maximum Gasteiger partial charge on any atom is 0.309 e. The molecule has 0 aliphatic heterocycles. The average Bonchev–Trinajstić information content (AvgIpc) is 3.61. The maximum atomic E-state index is 14.2. The van der Waals surface area contributed by atoms with Crippen molar-refractivity contribution in [2.45, 2.75) is 139 Å². The maximum absolute atomic E-state index is 14.2. The Hall–Kier alpha value is -3.80. The molecule has 296 valence electrons. The van der Waals surface area contributed by atoms with Crippen LogP contribution < -0.4 is 0 Å². The Kier molecular flexibility index (Phi) is 9.41. The summed E-state index contributed by atoms with van der Waals surface area (Å²) in [6.45, 7) is 19.8. The molecule has 7 rings (SSSR count). The normalized spacial score (nSPS) is 35.3. The Balaban J connectivity index is 1.18. The van der Waals surface area contributed by atoms with Crippen LogP contribution >= 0.6 is 0 Å². The zero-order chi connectivity index (χ0) is 40.1. The lowest BCUT2D eigenvalue weighted by atomic mass is 9.33. The lowest BCUT2D eigenvalue weighted by molar-refractivity contribution is -0.233. The molecule has 4 saturated carbocycles. The third-order valence-electron chi connectivity index (χ3n) is 16.7. The molecule has 0 amide bonds. The fourth-order valence-corrected chi connectivity index (χ4v) is 13.5. The van der Waals surface area contributed by atoms with E-state index >= 15 is 0 Å². The Morgan fingerprint density at radius 3 is 2.29 bits per heavy atom. The third kappa shape index (κ3) is 5.85. The van der Waals surface area contributed by atoms with Gasteiger partial charge in [-0.05, 0) is 135 Å². The summed E-state index contributed by atoms with van der Waals surface area (Å²) in [6.07, 6.45) is 8.99. The molecule has 1 N–H and O–H groups in total. The number of esters is 1. The number of nitrogens with zero attached hydrogens (tertiary/aromatic N) is 4. The number of Topliss-reactive ketones (excluding diaryl/α,β-unsaturated/α-hetero) is 1. The van der Waals surface area contributed by atoms with Crippen molar-refractivity contribution < 1.29 is 24.2 Å². The van der Waals surface area contributed by atoms with E-state index in [1.807, 2.05) is 31.3 Å². The number of carbonyl (C=O) groups excluding carboxylic acids is 2. The lowest BCUT2D eigenvalue weighted by Crippen LogP contribution is -2.65. The van der Waals surface area contributed by atoms with Gasteiger partial charge in [-0.1, -0.05) is 54.0 Å². The zero-order valence-corrected chi connectivity index (χ0v) is 34.8. The fourth-order valence-electron chi connectivity index (χ4n) is 13.5. The van der Waals surface area contributed by atoms with Crippen molar-refractivity contribution in [1.29, 1.82) is 5.26 Å². The monoisotopic (exact) mass is 750 g/mol. The van der Waals surface area contributed by atoms with E-state index in [4.69, 9.17) is 9.84 Å². The van der Waals surface area contributed by atoms with Gasteiger partial charge in [0.05, 0.1) is 23.5 Å². The van der Waals surface area contributed by atoms with E-state index in [-0.39, 0.29) is 45.5 Å². The van der Waals surface area contributed by atoms with Crippen LogP contribution in [0.25, 0.3) is 11.4 Å². The van der Waals surface area contributed by atoms with E-state index in [0.717, 1.165) is 74.2 Å². The number of hydrogen-bond donors (Lipinski definition) is 1. The van der Waals surface area contributed by atoms with Crippen molar-refractivity contribution in [3.63, 3.8) is 0 Å². The van der Waals surface area contributed by atoms with Crippen molar-refractivity contribution >= 4 is 17.7 Å². The SMILES string of the molecule is CC(C)C1=C2[C@H]3CC[C@@H]4[C@@]5(C)CC[C@H](OC(=O)CC(C)(C)C(=O)O)C(C)(C)C5CC[C@@]4(C)[C@]3(C)CC[C@@]2(Cc2nnc(-c3ccc(C#N)cc3)n2C)CC1=O. The first kappa shape index (κ1) is 39.4. The summed E-state index contributed by atoms with van der Waals surface area (Å²) in [6, 6.07) is 9.67. The third-order valence-corrected chi connectivity index (χ3v) is 16.7. The van der Waals surface area contributed by atoms with Crippen molar-refractivity contribution in [3.05, 3.63) is 46.8 Å². The summed E-state index contributed by atoms with van der Waals surface area (Å²) in [7, 11) is 2.02. The number of fused-ring (bicyclic) bond motifs is 7. The lowest BCUT2D eigenvalue weighted by Gasteiger charge is -2.72. The summed E-state index contributed by atoms with van der Waals surface area (Å²) in [5.74, 6) is 1.93. The largest absolute Gasteiger partial charge is 0.481 e. The molecule has 0 saturated heterocycles. The molecule has 9 heteroatoms. The number of aromatic nitrogens is 3. The van der Waals surface area contributed by atoms with Crippen LogP contribution in [0.4, 0.5) is 0 Å². The van der Waals surface area contributed by atoms with Crippen molar-refractivity contribution in [2.75, 3.05) is 0 Å². The predicted molar refractivity (Wildman–Crippen MR) is 210 cm³/mol. The van der Waals surface area contributed by atoms with E-state index < -0.39 is 17.4 Å². The van der Waals surface area contributed by atoms with Crippen molar-refractivity contribution in [3.8, 4) is 17.5 Å². The fraction of sp³-hybridized carbons (Fsp3) is 0.696. The second kappa shape index (κ2) is 13.1. The zero-order valence-electron chi connectivity index (χ0n) is 34.8. The molecule has 9 nitrogen and oxygen atoms in total. The number of ketones is 1. The minimum atomic E-state index is -1.17. The molecule has 1 heterocycles. The van der Waals surface area contributed by atoms with Gasteiger partial charge in [-0.2, -0.15) is 5.26 Å². The molecule has 8 atom stereocenters. The van der Waals surface area contributed by atoms with Crippen LogP contribution in [0.2, 0.25) is 0 Å². The molecule has 1 aromatic carbocycles. The molecule has 0 spiro atoms. The second-order valence-corrected chi connectivity index (χ2v) is 20.5. The number of ether oxygens (including phenoxy) is 1. The molecule has 5 aliphatic rings. The van der Waals surface area contributed by atoms with Gasteiger partial charge >= 0.3 is 11.9 Å². The van der Waals surface area contributed by atoms with Crippen molar-refractivity contribution in [1.82, 2.24) is 14.8 Å². The van der Waals surface area contributed by atoms with Crippen LogP contribution in [0.1, 0.15) is 138 Å². The van der Waals surface area contributed by atoms with Gasteiger partial charge in [-0.3, -0.25) is 14.4 Å². The van der Waals surface area contributed by atoms with Crippen LogP contribution in [0.5, 0.6) is 0 Å². The van der Waals surface area contributed by atoms with Gasteiger partial charge in [0.1, 0.15) is 11.9 Å². The van der Waals surface area contributed by atoms with E-state index in [1.54, 1.807) is 13.8 Å². The highest BCUT2D eigenvalue weighted by Crippen LogP contribution is 2.77. The summed E-state index contributed by atoms with van der Waals surface area (Å²) in [5.41, 5.74) is 2.52. The summed E-state index contributed by atoms with van der Waals surface area (Å²) >= 11 is 0. The minimum absolute atomic E-state index is 0.0247. The Labute approximate surface area is 327 Å². The predicted octanol–water partition coefficient (Wildman–Crippen LogP) is 9.29. The standard InChI is InChI=1S/C46H62N4O5/c1-27(2)37-31(51)23-46(24-35-48-49-39(50(35)10)29-13-11-28(26-47)12-14-29)22-21-44(8)30(38(37)46)15-16-33-43(7)19-18-34(55-36(52)25-41(3,4)40(53)54)42(5,6)32(43)17-20-45(33,44)9/h11-14,27,30,32-34H,15-25H2,1-10H3,(H,53,54)/t30-,32?,33-,34+,43+,44-,45-,46+/m1/s1. The summed E-state index contributed by atoms with van der Waals surface area (Å²) in [4.78, 5) is 39.1. The number of carboxylic acid groups (broad SMARTS) is 1. The number of aliphatic carboxylic acids is 1. The second-order valence-electron chi connectivity index (χ2n) is 20.5. The van der Waals surface area contributed by atoms with Crippen LogP contribution in [-0.4, -0.2) is 43.7 Å². The molecule has 55 heavy (non-hydrogen) atoms. The summed E-state index contributed by atoms with van der Waals surface area (Å²) in [5, 5.41) is 28.3. The van der Waals surface area contributed by atoms with Gasteiger partial charge in [0.2, 0.25) is 0 Å². The molecule has 2 aromatic rings. The van der Waals surface area contributed by atoms with E-state index in [9.17, 15) is 24.8 Å². The highest BCUT2D eigenvalue weighted by Gasteiger charge is 2.70. The highest BCUT2D eigenvalue weighted by molar-refractivity contribution is 6.00. The molecular weight excluding hydrogens is 689 g/mol. The van der Waals surface area contributed by atoms with Gasteiger partial charge in [-0.25, -0.2) is 0 Å². The minimum Gasteiger partial charge on any atom is -0.481 e. The van der Waals surface area contributed by atoms with Crippen LogP contribution in [0.3, 0.4) is 0 Å². The van der Waals surface area contributed by atoms with Crippen LogP contribution in [-0.2, 0) is 32.6 Å². The number of hydrogen-bond acceptors (Lipinski definition) is 7. The Morgan fingerprint density at radius 2 is 1.65 bits per heavy atom. The average molecular weight is 751 g/mol. The first-order valence-electron chi connectivity index (χ1n) is 20.7. The summed E-state index contributed by atoms with van der Waals surface area (Å²) < 4.78 is 8.27. The number of nitriles is 1. The van der Waals surface area contributed by atoms with E-state index in [2.05, 4.69) is 64.2 Å². The Bertz CT molecular complexity index is 1980. The number of allylic oxidation sites excluding steroid dienone is 2. The number of benzene rings is 1. The van der Waals surface area contributed by atoms with Gasteiger partial charge < -0.3 is 14.4 Å². The van der Waals surface area contributed by atoms with E-state index in [0.29, 0.717) is 41.9 Å². The number of rotatable bonds is 8. The molecule has 4 fully saturated rings. The molecule has 1 aromatic heterocycles. The topological polar surface area (TPSA) is 135 Å². The van der Waals surface area contributed by atoms with Crippen LogP contribution in [0.15, 0.2) is 35.4 Å². The highest BCUT2D eigenvalue weighted by atomic mass is 16.5. The van der Waals surface area contributed by atoms with Gasteiger partial charge in [-0.15, -0.1) is 10.2 Å². The quantitative estimate of drug-likeness (QED) is 0.264. The van der Waals surface area contributed by atoms with Gasteiger partial charge in [0, 0.05) is 36.3 Å². The molecule has 0 bridgehead atoms. The van der Waals surface area contributed by atoms with Crippen LogP contribution in [0, 0.1) is 67.5 Å².